The minimum absolute atomic E-state index is 0.383. The molecule has 3 nitrogen and oxygen atoms in total. The molecular weight excluding hydrogens is 359 g/mol. The predicted octanol–water partition coefficient (Wildman–Crippen LogP) is 4.93. The fourth-order valence-corrected chi connectivity index (χ4v) is 2.13. The van der Waals surface area contributed by atoms with Gasteiger partial charge in [0.1, 0.15) is 11.6 Å². The van der Waals surface area contributed by atoms with Gasteiger partial charge in [0.05, 0.1) is 9.50 Å². The smallest absolute Gasteiger partial charge is 0.219 e. The van der Waals surface area contributed by atoms with Crippen molar-refractivity contribution in [2.24, 2.45) is 0 Å². The zero-order valence-electron chi connectivity index (χ0n) is 11.5. The average molecular weight is 374 g/mol. The monoisotopic (exact) mass is 372 g/mol. The number of hydrogen-bond acceptors (Lipinski definition) is 3. The number of pyridine rings is 1. The quantitative estimate of drug-likeness (QED) is 0.729. The number of halogens is 3. The van der Waals surface area contributed by atoms with Gasteiger partial charge in [0.25, 0.3) is 0 Å². The van der Waals surface area contributed by atoms with Crippen molar-refractivity contribution >= 4 is 27.5 Å². The van der Waals surface area contributed by atoms with E-state index in [1.54, 1.807) is 18.2 Å². The molecule has 21 heavy (non-hydrogen) atoms. The summed E-state index contributed by atoms with van der Waals surface area (Å²) in [6.07, 6.45) is 2.58. The van der Waals surface area contributed by atoms with E-state index in [4.69, 9.17) is 16.3 Å². The zero-order chi connectivity index (χ0) is 15.2. The van der Waals surface area contributed by atoms with Crippen LogP contribution in [0, 0.1) is 5.82 Å². The average Bonchev–Trinajstić information content (AvgIpc) is 2.46. The number of nitrogens with one attached hydrogen (secondary N) is 1. The summed E-state index contributed by atoms with van der Waals surface area (Å²) in [7, 11) is 0. The molecule has 0 saturated carbocycles. The minimum atomic E-state index is -0.383. The Morgan fingerprint density at radius 2 is 2.19 bits per heavy atom. The minimum Gasteiger partial charge on any atom is -0.439 e. The maximum Gasteiger partial charge on any atom is 0.219 e. The molecule has 0 bridgehead atoms. The Hall–Kier alpha value is -1.17. The summed E-state index contributed by atoms with van der Waals surface area (Å²) in [6.45, 7) is 3.64. The summed E-state index contributed by atoms with van der Waals surface area (Å²) in [5, 5.41) is 3.84. The highest BCUT2D eigenvalue weighted by molar-refractivity contribution is 9.10. The van der Waals surface area contributed by atoms with Crippen LogP contribution in [-0.2, 0) is 6.54 Å². The first-order chi connectivity index (χ1) is 10.1. The van der Waals surface area contributed by atoms with Crippen molar-refractivity contribution in [2.45, 2.75) is 19.9 Å². The van der Waals surface area contributed by atoms with Crippen molar-refractivity contribution in [1.29, 1.82) is 0 Å². The van der Waals surface area contributed by atoms with Crippen LogP contribution in [0.5, 0.6) is 11.6 Å². The predicted molar refractivity (Wildman–Crippen MR) is 85.4 cm³/mol. The third kappa shape index (κ3) is 4.66. The number of rotatable bonds is 6. The van der Waals surface area contributed by atoms with Crippen molar-refractivity contribution in [3.05, 3.63) is 51.3 Å². The van der Waals surface area contributed by atoms with Gasteiger partial charge in [-0.1, -0.05) is 18.5 Å². The van der Waals surface area contributed by atoms with Crippen LogP contribution in [0.3, 0.4) is 0 Å². The highest BCUT2D eigenvalue weighted by Gasteiger charge is 2.07. The van der Waals surface area contributed by atoms with Gasteiger partial charge in [-0.05, 0) is 46.6 Å². The van der Waals surface area contributed by atoms with Gasteiger partial charge < -0.3 is 10.1 Å². The summed E-state index contributed by atoms with van der Waals surface area (Å²) in [6, 6.07) is 6.31. The SMILES string of the molecule is CCCNCc1cc(Oc2ccc(Br)c(F)c2)ncc1Cl. The Kier molecular flexibility index (Phi) is 5.96. The Labute approximate surface area is 136 Å². The van der Waals surface area contributed by atoms with Crippen molar-refractivity contribution < 1.29 is 9.13 Å². The second-order valence-electron chi connectivity index (χ2n) is 4.47. The fourth-order valence-electron chi connectivity index (χ4n) is 1.71. The van der Waals surface area contributed by atoms with Crippen molar-refractivity contribution in [1.82, 2.24) is 10.3 Å². The van der Waals surface area contributed by atoms with Crippen LogP contribution in [0.15, 0.2) is 34.9 Å². The van der Waals surface area contributed by atoms with E-state index in [-0.39, 0.29) is 5.82 Å². The molecule has 2 rings (SSSR count). The van der Waals surface area contributed by atoms with E-state index < -0.39 is 0 Å². The van der Waals surface area contributed by atoms with Crippen LogP contribution in [-0.4, -0.2) is 11.5 Å². The summed E-state index contributed by atoms with van der Waals surface area (Å²) >= 11 is 9.20. The van der Waals surface area contributed by atoms with Crippen LogP contribution in [0.25, 0.3) is 0 Å². The van der Waals surface area contributed by atoms with E-state index in [9.17, 15) is 4.39 Å². The lowest BCUT2D eigenvalue weighted by atomic mass is 10.2. The molecule has 0 unspecified atom stereocenters. The van der Waals surface area contributed by atoms with E-state index in [2.05, 4.69) is 33.2 Å². The number of aromatic nitrogens is 1. The molecule has 0 aliphatic heterocycles. The molecule has 1 aromatic carbocycles. The molecule has 1 aromatic heterocycles. The molecule has 0 fully saturated rings. The topological polar surface area (TPSA) is 34.1 Å². The Morgan fingerprint density at radius 3 is 2.90 bits per heavy atom. The Balaban J connectivity index is 2.12. The number of nitrogens with zero attached hydrogens (tertiary/aromatic N) is 1. The molecule has 0 spiro atoms. The third-order valence-electron chi connectivity index (χ3n) is 2.77. The first kappa shape index (κ1) is 16.2. The van der Waals surface area contributed by atoms with E-state index in [0.717, 1.165) is 18.5 Å². The molecule has 0 atom stereocenters. The summed E-state index contributed by atoms with van der Waals surface area (Å²) < 4.78 is 19.4. The molecule has 0 aliphatic carbocycles. The highest BCUT2D eigenvalue weighted by Crippen LogP contribution is 2.26. The molecule has 0 radical (unpaired) electrons. The summed E-state index contributed by atoms with van der Waals surface area (Å²) in [4.78, 5) is 4.10. The maximum absolute atomic E-state index is 13.5. The second kappa shape index (κ2) is 7.73. The van der Waals surface area contributed by atoms with Crippen molar-refractivity contribution in [2.75, 3.05) is 6.54 Å². The molecule has 6 heteroatoms. The lowest BCUT2D eigenvalue weighted by Crippen LogP contribution is -2.14. The van der Waals surface area contributed by atoms with E-state index in [1.807, 2.05) is 0 Å². The standard InChI is InChI=1S/C15H15BrClFN2O/c1-2-5-19-8-10-6-15(20-9-13(10)17)21-11-3-4-12(16)14(18)7-11/h3-4,6-7,9,19H,2,5,8H2,1H3. The first-order valence-corrected chi connectivity index (χ1v) is 7.75. The van der Waals surface area contributed by atoms with Gasteiger partial charge in [0, 0.05) is 24.9 Å². The first-order valence-electron chi connectivity index (χ1n) is 6.58. The van der Waals surface area contributed by atoms with Crippen LogP contribution in [0.4, 0.5) is 4.39 Å². The van der Waals surface area contributed by atoms with Crippen LogP contribution >= 0.6 is 27.5 Å². The fraction of sp³-hybridized carbons (Fsp3) is 0.267. The van der Waals surface area contributed by atoms with E-state index >= 15 is 0 Å². The Bertz CT molecular complexity index is 625. The van der Waals surface area contributed by atoms with Crippen LogP contribution in [0.1, 0.15) is 18.9 Å². The van der Waals surface area contributed by atoms with Gasteiger partial charge in [-0.2, -0.15) is 0 Å². The molecule has 2 aromatic rings. The normalized spacial score (nSPS) is 10.7. The van der Waals surface area contributed by atoms with Crippen molar-refractivity contribution in [3.8, 4) is 11.6 Å². The number of hydrogen-bond donors (Lipinski definition) is 1. The summed E-state index contributed by atoms with van der Waals surface area (Å²) in [5.74, 6) is 0.388. The van der Waals surface area contributed by atoms with Gasteiger partial charge in [-0.25, -0.2) is 9.37 Å². The lowest BCUT2D eigenvalue weighted by Gasteiger charge is -2.09. The molecule has 112 valence electrons. The molecule has 0 aliphatic rings. The zero-order valence-corrected chi connectivity index (χ0v) is 13.8. The molecule has 1 heterocycles. The second-order valence-corrected chi connectivity index (χ2v) is 5.73. The van der Waals surface area contributed by atoms with Crippen LogP contribution in [0.2, 0.25) is 5.02 Å². The molecule has 0 saturated heterocycles. The van der Waals surface area contributed by atoms with E-state index in [0.29, 0.717) is 27.7 Å². The number of benzene rings is 1. The van der Waals surface area contributed by atoms with Gasteiger partial charge >= 0.3 is 0 Å². The molecule has 0 amide bonds. The van der Waals surface area contributed by atoms with Crippen LogP contribution < -0.4 is 10.1 Å². The van der Waals surface area contributed by atoms with Gasteiger partial charge in [-0.3, -0.25) is 0 Å². The van der Waals surface area contributed by atoms with Gasteiger partial charge in [0.2, 0.25) is 5.88 Å². The number of ether oxygens (including phenoxy) is 1. The largest absolute Gasteiger partial charge is 0.439 e. The third-order valence-corrected chi connectivity index (χ3v) is 3.75. The van der Waals surface area contributed by atoms with E-state index in [1.165, 1.54) is 12.3 Å². The lowest BCUT2D eigenvalue weighted by molar-refractivity contribution is 0.456. The molecule has 1 N–H and O–H groups in total. The highest BCUT2D eigenvalue weighted by atomic mass is 79.9. The van der Waals surface area contributed by atoms with Gasteiger partial charge in [-0.15, -0.1) is 0 Å². The Morgan fingerprint density at radius 1 is 1.38 bits per heavy atom. The molecular formula is C15H15BrClFN2O. The summed E-state index contributed by atoms with van der Waals surface area (Å²) in [5.41, 5.74) is 0.896. The van der Waals surface area contributed by atoms with Crippen molar-refractivity contribution in [3.63, 3.8) is 0 Å². The van der Waals surface area contributed by atoms with Gasteiger partial charge in [0.15, 0.2) is 0 Å². The maximum atomic E-state index is 13.5.